The maximum absolute atomic E-state index is 14.0. The highest BCUT2D eigenvalue weighted by Crippen LogP contribution is 2.38. The van der Waals surface area contributed by atoms with Crippen molar-refractivity contribution in [1.82, 2.24) is 14.8 Å². The summed E-state index contributed by atoms with van der Waals surface area (Å²) in [6.07, 6.45) is 0. The maximum atomic E-state index is 14.0. The van der Waals surface area contributed by atoms with Gasteiger partial charge in [0.2, 0.25) is 11.1 Å². The van der Waals surface area contributed by atoms with Crippen molar-refractivity contribution in [1.29, 1.82) is 0 Å². The molecule has 0 spiro atoms. The summed E-state index contributed by atoms with van der Waals surface area (Å²) in [7, 11) is 0. The van der Waals surface area contributed by atoms with Crippen molar-refractivity contribution in [2.45, 2.75) is 37.4 Å². The third-order valence-electron chi connectivity index (χ3n) is 7.27. The number of para-hydroxylation sites is 1. The van der Waals surface area contributed by atoms with E-state index in [1.165, 1.54) is 5.56 Å². The Kier molecular flexibility index (Phi) is 8.93. The molecule has 6 rings (SSSR count). The Bertz CT molecular complexity index is 1860. The summed E-state index contributed by atoms with van der Waals surface area (Å²) < 4.78 is 7.93. The molecule has 0 saturated heterocycles. The lowest BCUT2D eigenvalue weighted by molar-refractivity contribution is -0.113. The normalized spacial score (nSPS) is 14.1. The number of amides is 1. The van der Waals surface area contributed by atoms with E-state index in [4.69, 9.17) is 38.0 Å². The zero-order chi connectivity index (χ0) is 30.6. The molecule has 0 aliphatic carbocycles. The molecule has 1 unspecified atom stereocenters. The maximum Gasteiger partial charge on any atom is 0.255 e. The molecule has 1 amide bonds. The van der Waals surface area contributed by atoms with Gasteiger partial charge in [0.05, 0.1) is 5.57 Å². The number of nitrogens with one attached hydrogen (secondary N) is 2. The molecule has 1 aliphatic heterocycles. The van der Waals surface area contributed by atoms with Crippen LogP contribution in [0.1, 0.15) is 35.2 Å². The van der Waals surface area contributed by atoms with Gasteiger partial charge >= 0.3 is 0 Å². The molecular weight excluding hydrogens is 613 g/mol. The number of carbonyl (C=O) groups excluding carboxylic acids is 1. The second-order valence-corrected chi connectivity index (χ2v) is 12.2. The minimum Gasteiger partial charge on any atom is -0.489 e. The molecule has 44 heavy (non-hydrogen) atoms. The van der Waals surface area contributed by atoms with Gasteiger partial charge in [-0.1, -0.05) is 102 Å². The number of allylic oxidation sites excluding steroid dienone is 1. The fourth-order valence-corrected chi connectivity index (χ4v) is 6.24. The van der Waals surface area contributed by atoms with Crippen molar-refractivity contribution < 1.29 is 9.53 Å². The van der Waals surface area contributed by atoms with Gasteiger partial charge in [-0.15, -0.1) is 5.10 Å². The molecule has 1 aliphatic rings. The lowest BCUT2D eigenvalue weighted by Gasteiger charge is -2.29. The predicted octanol–water partition coefficient (Wildman–Crippen LogP) is 8.69. The lowest BCUT2D eigenvalue weighted by Crippen LogP contribution is -2.31. The van der Waals surface area contributed by atoms with E-state index in [1.807, 2.05) is 86.6 Å². The minimum atomic E-state index is -0.559. The topological polar surface area (TPSA) is 81.1 Å². The first-order valence-corrected chi connectivity index (χ1v) is 15.7. The van der Waals surface area contributed by atoms with Crippen LogP contribution in [0.15, 0.2) is 113 Å². The third-order valence-corrected chi connectivity index (χ3v) is 8.76. The zero-order valence-corrected chi connectivity index (χ0v) is 26.4. The highest BCUT2D eigenvalue weighted by atomic mass is 35.5. The number of halogens is 2. The van der Waals surface area contributed by atoms with Crippen molar-refractivity contribution in [3.05, 3.63) is 141 Å². The third kappa shape index (κ3) is 6.63. The van der Waals surface area contributed by atoms with E-state index < -0.39 is 6.04 Å². The van der Waals surface area contributed by atoms with Crippen molar-refractivity contribution in [2.24, 2.45) is 0 Å². The van der Waals surface area contributed by atoms with Crippen LogP contribution in [0.25, 0.3) is 0 Å². The molecule has 4 aromatic carbocycles. The number of rotatable bonds is 9. The average Bonchev–Trinajstić information content (AvgIpc) is 3.43. The van der Waals surface area contributed by atoms with Gasteiger partial charge < -0.3 is 15.4 Å². The number of aromatic nitrogens is 3. The lowest BCUT2D eigenvalue weighted by atomic mass is 9.94. The minimum absolute atomic E-state index is 0.229. The second-order valence-electron chi connectivity index (χ2n) is 10.4. The number of fused-ring (bicyclic) bond motifs is 1. The van der Waals surface area contributed by atoms with Crippen LogP contribution < -0.4 is 15.4 Å². The Balaban J connectivity index is 1.34. The first-order valence-electron chi connectivity index (χ1n) is 14.0. The molecule has 2 N–H and O–H groups in total. The van der Waals surface area contributed by atoms with Crippen LogP contribution in [-0.4, -0.2) is 20.7 Å². The Hall–Kier alpha value is -4.24. The summed E-state index contributed by atoms with van der Waals surface area (Å²) in [6.45, 7) is 4.11. The van der Waals surface area contributed by atoms with E-state index in [1.54, 1.807) is 28.6 Å². The molecule has 0 radical (unpaired) electrons. The first-order chi connectivity index (χ1) is 21.4. The smallest absolute Gasteiger partial charge is 0.255 e. The Morgan fingerprint density at radius 2 is 1.77 bits per heavy atom. The van der Waals surface area contributed by atoms with Gasteiger partial charge in [0.15, 0.2) is 0 Å². The summed E-state index contributed by atoms with van der Waals surface area (Å²) in [5, 5.41) is 13.0. The number of ether oxygens (including phenoxy) is 1. The fraction of sp³-hybridized carbons (Fsp3) is 0.147. The quantitative estimate of drug-likeness (QED) is 0.157. The summed E-state index contributed by atoms with van der Waals surface area (Å²) in [6, 6.07) is 30.3. The molecule has 0 fully saturated rings. The predicted molar refractivity (Wildman–Crippen MR) is 178 cm³/mol. The van der Waals surface area contributed by atoms with E-state index in [-0.39, 0.29) is 12.5 Å². The van der Waals surface area contributed by atoms with E-state index >= 15 is 0 Å². The summed E-state index contributed by atoms with van der Waals surface area (Å²) >= 11 is 14.0. The molecular formula is C34H29Cl2N5O2S. The second kappa shape index (κ2) is 13.2. The average molecular weight is 643 g/mol. The molecule has 10 heteroatoms. The number of anilines is 2. The highest BCUT2D eigenvalue weighted by Gasteiger charge is 2.35. The van der Waals surface area contributed by atoms with Crippen LogP contribution in [0.3, 0.4) is 0 Å². The molecule has 5 aromatic rings. The van der Waals surface area contributed by atoms with Crippen LogP contribution in [0.5, 0.6) is 5.75 Å². The van der Waals surface area contributed by atoms with Crippen molar-refractivity contribution in [3.8, 4) is 5.75 Å². The van der Waals surface area contributed by atoms with Crippen LogP contribution in [0.2, 0.25) is 10.0 Å². The standard InChI is InChI=1S/C34H29Cl2N5O2S/c1-21-9-6-7-14-29(21)38-32(42)30-22(2)37-33-39-34(44-20-23-10-4-3-5-11-23)40-41(33)31(30)24-12-8-13-27(17-24)43-19-25-15-16-26(35)18-28(25)36/h3-18,31H,19-20H2,1-2H3,(H,38,42)(H,37,39,40). The summed E-state index contributed by atoms with van der Waals surface area (Å²) in [5.41, 5.74) is 5.76. The highest BCUT2D eigenvalue weighted by molar-refractivity contribution is 7.98. The van der Waals surface area contributed by atoms with Gasteiger partial charge in [-0.25, -0.2) is 4.68 Å². The van der Waals surface area contributed by atoms with Crippen LogP contribution in [0.4, 0.5) is 11.6 Å². The molecule has 2 heterocycles. The molecule has 0 saturated carbocycles. The van der Waals surface area contributed by atoms with Crippen LogP contribution in [-0.2, 0) is 17.2 Å². The summed E-state index contributed by atoms with van der Waals surface area (Å²) in [5.74, 6) is 1.69. The number of thioether (sulfide) groups is 1. The molecule has 7 nitrogen and oxygen atoms in total. The molecule has 1 atom stereocenters. The van der Waals surface area contributed by atoms with Crippen molar-refractivity contribution >= 4 is 52.5 Å². The SMILES string of the molecule is CC1=C(C(=O)Nc2ccccc2C)C(c2cccc(OCc3ccc(Cl)cc3Cl)c2)n2nc(SCc3ccccc3)nc2N1. The molecule has 0 bridgehead atoms. The van der Waals surface area contributed by atoms with E-state index in [2.05, 4.69) is 22.8 Å². The van der Waals surface area contributed by atoms with Crippen molar-refractivity contribution in [3.63, 3.8) is 0 Å². The largest absolute Gasteiger partial charge is 0.489 e. The van der Waals surface area contributed by atoms with Crippen LogP contribution in [0, 0.1) is 6.92 Å². The van der Waals surface area contributed by atoms with Crippen LogP contribution >= 0.6 is 35.0 Å². The number of aryl methyl sites for hydroxylation is 1. The van der Waals surface area contributed by atoms with E-state index in [9.17, 15) is 4.79 Å². The van der Waals surface area contributed by atoms with Gasteiger partial charge in [-0.2, -0.15) is 4.98 Å². The Morgan fingerprint density at radius 1 is 0.977 bits per heavy atom. The van der Waals surface area contributed by atoms with Crippen molar-refractivity contribution in [2.75, 3.05) is 10.6 Å². The van der Waals surface area contributed by atoms with Gasteiger partial charge in [0.25, 0.3) is 5.91 Å². The van der Waals surface area contributed by atoms with Gasteiger partial charge in [0.1, 0.15) is 18.4 Å². The van der Waals surface area contributed by atoms with Gasteiger partial charge in [0, 0.05) is 32.7 Å². The summed E-state index contributed by atoms with van der Waals surface area (Å²) in [4.78, 5) is 18.7. The number of benzene rings is 4. The number of hydrogen-bond donors (Lipinski definition) is 2. The van der Waals surface area contributed by atoms with Gasteiger partial charge in [-0.3, -0.25) is 4.79 Å². The number of hydrogen-bond acceptors (Lipinski definition) is 6. The fourth-order valence-electron chi connectivity index (χ4n) is 4.99. The zero-order valence-electron chi connectivity index (χ0n) is 24.1. The Morgan fingerprint density at radius 3 is 2.57 bits per heavy atom. The van der Waals surface area contributed by atoms with E-state index in [0.717, 1.165) is 28.1 Å². The number of nitrogens with zero attached hydrogens (tertiary/aromatic N) is 3. The Labute approximate surface area is 270 Å². The number of carbonyl (C=O) groups is 1. The molecule has 1 aromatic heterocycles. The first kappa shape index (κ1) is 29.8. The van der Waals surface area contributed by atoms with Gasteiger partial charge in [-0.05, 0) is 60.9 Å². The monoisotopic (exact) mass is 641 g/mol. The van der Waals surface area contributed by atoms with E-state index in [0.29, 0.717) is 38.2 Å². The molecule has 222 valence electrons.